The number of aliphatic hydroxyl groups is 1. The van der Waals surface area contributed by atoms with Crippen LogP contribution in [0.1, 0.15) is 24.2 Å². The largest absolute Gasteiger partial charge is 0.488 e. The number of rotatable bonds is 4. The molecule has 0 heterocycles. The number of aliphatic hydroxyl groups excluding tert-OH is 1. The van der Waals surface area contributed by atoms with Crippen LogP contribution in [0.25, 0.3) is 0 Å². The van der Waals surface area contributed by atoms with E-state index in [2.05, 4.69) is 15.9 Å². The van der Waals surface area contributed by atoms with Crippen LogP contribution in [0, 0.1) is 0 Å². The van der Waals surface area contributed by atoms with E-state index in [4.69, 9.17) is 4.74 Å². The molecular formula is C15H15BrO2. The van der Waals surface area contributed by atoms with Gasteiger partial charge in [0, 0.05) is 15.6 Å². The summed E-state index contributed by atoms with van der Waals surface area (Å²) in [5.74, 6) is 0.725. The van der Waals surface area contributed by atoms with Gasteiger partial charge in [0.2, 0.25) is 0 Å². The Morgan fingerprint density at radius 1 is 1.11 bits per heavy atom. The van der Waals surface area contributed by atoms with Gasteiger partial charge in [0.15, 0.2) is 0 Å². The van der Waals surface area contributed by atoms with Crippen LogP contribution in [-0.4, -0.2) is 5.11 Å². The number of benzene rings is 2. The fraction of sp³-hybridized carbons (Fsp3) is 0.200. The van der Waals surface area contributed by atoms with Crippen molar-refractivity contribution < 1.29 is 9.84 Å². The summed E-state index contributed by atoms with van der Waals surface area (Å²) in [6, 6.07) is 15.5. The van der Waals surface area contributed by atoms with Crippen molar-refractivity contribution in [3.05, 3.63) is 64.1 Å². The van der Waals surface area contributed by atoms with E-state index < -0.39 is 6.10 Å². The lowest BCUT2D eigenvalue weighted by Crippen LogP contribution is -2.01. The molecule has 0 amide bonds. The predicted octanol–water partition coefficient (Wildman–Crippen LogP) is 4.08. The summed E-state index contributed by atoms with van der Waals surface area (Å²) in [5, 5.41) is 9.67. The second-order valence-electron chi connectivity index (χ2n) is 4.09. The van der Waals surface area contributed by atoms with Gasteiger partial charge in [-0.3, -0.25) is 0 Å². The predicted molar refractivity (Wildman–Crippen MR) is 75.5 cm³/mol. The molecular weight excluding hydrogens is 292 g/mol. The first kappa shape index (κ1) is 13.1. The fourth-order valence-electron chi connectivity index (χ4n) is 1.73. The molecule has 1 N–H and O–H groups in total. The van der Waals surface area contributed by atoms with Crippen LogP contribution in [-0.2, 0) is 6.61 Å². The lowest BCUT2D eigenvalue weighted by molar-refractivity contribution is 0.190. The smallest absolute Gasteiger partial charge is 0.125 e. The minimum Gasteiger partial charge on any atom is -0.488 e. The van der Waals surface area contributed by atoms with Crippen molar-refractivity contribution in [3.63, 3.8) is 0 Å². The molecule has 0 saturated heterocycles. The zero-order valence-electron chi connectivity index (χ0n) is 10.1. The van der Waals surface area contributed by atoms with Gasteiger partial charge in [-0.05, 0) is 19.1 Å². The van der Waals surface area contributed by atoms with Crippen LogP contribution in [0.5, 0.6) is 5.75 Å². The average Bonchev–Trinajstić information content (AvgIpc) is 2.38. The molecule has 0 unspecified atom stereocenters. The third-order valence-corrected chi connectivity index (χ3v) is 3.48. The lowest BCUT2D eigenvalue weighted by Gasteiger charge is -2.13. The van der Waals surface area contributed by atoms with Crippen LogP contribution in [0.2, 0.25) is 0 Å². The molecule has 0 saturated carbocycles. The quantitative estimate of drug-likeness (QED) is 0.922. The zero-order valence-corrected chi connectivity index (χ0v) is 11.7. The number of para-hydroxylation sites is 1. The third-order valence-electron chi connectivity index (χ3n) is 2.71. The summed E-state index contributed by atoms with van der Waals surface area (Å²) in [7, 11) is 0. The Morgan fingerprint density at radius 2 is 1.78 bits per heavy atom. The maximum absolute atomic E-state index is 9.67. The van der Waals surface area contributed by atoms with Gasteiger partial charge in [-0.25, -0.2) is 0 Å². The minimum absolute atomic E-state index is 0.477. The highest BCUT2D eigenvalue weighted by Gasteiger charge is 2.08. The summed E-state index contributed by atoms with van der Waals surface area (Å²) in [6.07, 6.45) is -0.527. The summed E-state index contributed by atoms with van der Waals surface area (Å²) in [6.45, 7) is 2.21. The molecule has 94 valence electrons. The highest BCUT2D eigenvalue weighted by atomic mass is 79.9. The fourth-order valence-corrected chi connectivity index (χ4v) is 2.13. The van der Waals surface area contributed by atoms with Crippen LogP contribution in [0.4, 0.5) is 0 Å². The van der Waals surface area contributed by atoms with Gasteiger partial charge in [0.1, 0.15) is 12.4 Å². The number of hydrogen-bond donors (Lipinski definition) is 1. The molecule has 0 aromatic heterocycles. The van der Waals surface area contributed by atoms with Crippen molar-refractivity contribution in [3.8, 4) is 5.75 Å². The summed E-state index contributed by atoms with van der Waals surface area (Å²) >= 11 is 3.49. The number of ether oxygens (including phenoxy) is 1. The molecule has 1 atom stereocenters. The lowest BCUT2D eigenvalue weighted by atomic mass is 10.1. The van der Waals surface area contributed by atoms with Crippen LogP contribution < -0.4 is 4.74 Å². The number of halogens is 1. The average molecular weight is 307 g/mol. The highest BCUT2D eigenvalue weighted by molar-refractivity contribution is 9.10. The highest BCUT2D eigenvalue weighted by Crippen LogP contribution is 2.26. The van der Waals surface area contributed by atoms with Crippen molar-refractivity contribution >= 4 is 15.9 Å². The molecule has 0 aliphatic heterocycles. The first-order chi connectivity index (χ1) is 8.68. The molecule has 0 spiro atoms. The van der Waals surface area contributed by atoms with E-state index in [-0.39, 0.29) is 0 Å². The molecule has 0 fully saturated rings. The normalized spacial score (nSPS) is 12.2. The van der Waals surface area contributed by atoms with Gasteiger partial charge >= 0.3 is 0 Å². The van der Waals surface area contributed by atoms with Gasteiger partial charge in [0.05, 0.1) is 6.10 Å². The molecule has 0 radical (unpaired) electrons. The molecule has 18 heavy (non-hydrogen) atoms. The van der Waals surface area contributed by atoms with Crippen molar-refractivity contribution in [2.45, 2.75) is 19.6 Å². The molecule has 2 aromatic carbocycles. The Hall–Kier alpha value is -1.32. The third kappa shape index (κ3) is 3.12. The summed E-state index contributed by atoms with van der Waals surface area (Å²) < 4.78 is 6.80. The second kappa shape index (κ2) is 6.03. The molecule has 2 aromatic rings. The molecule has 0 bridgehead atoms. The maximum Gasteiger partial charge on any atom is 0.125 e. The van der Waals surface area contributed by atoms with Gasteiger partial charge in [0.25, 0.3) is 0 Å². The van der Waals surface area contributed by atoms with E-state index in [9.17, 15) is 5.11 Å². The molecule has 0 aliphatic carbocycles. The van der Waals surface area contributed by atoms with E-state index >= 15 is 0 Å². The minimum atomic E-state index is -0.527. The monoisotopic (exact) mass is 306 g/mol. The van der Waals surface area contributed by atoms with Gasteiger partial charge in [-0.2, -0.15) is 0 Å². The van der Waals surface area contributed by atoms with Crippen molar-refractivity contribution in [2.24, 2.45) is 0 Å². The van der Waals surface area contributed by atoms with Gasteiger partial charge in [-0.1, -0.05) is 52.3 Å². The van der Waals surface area contributed by atoms with Crippen LogP contribution in [0.15, 0.2) is 53.0 Å². The van der Waals surface area contributed by atoms with Gasteiger partial charge in [-0.15, -0.1) is 0 Å². The first-order valence-corrected chi connectivity index (χ1v) is 6.61. The zero-order chi connectivity index (χ0) is 13.0. The Kier molecular flexibility index (Phi) is 4.39. The Morgan fingerprint density at radius 3 is 2.50 bits per heavy atom. The Labute approximate surface area is 115 Å². The molecule has 0 aliphatic rings. The maximum atomic E-state index is 9.67. The summed E-state index contributed by atoms with van der Waals surface area (Å²) in [5.41, 5.74) is 1.89. The van der Waals surface area contributed by atoms with E-state index in [0.29, 0.717) is 6.61 Å². The van der Waals surface area contributed by atoms with E-state index in [1.54, 1.807) is 6.92 Å². The first-order valence-electron chi connectivity index (χ1n) is 5.81. The number of hydrogen-bond acceptors (Lipinski definition) is 2. The van der Waals surface area contributed by atoms with Crippen LogP contribution >= 0.6 is 15.9 Å². The molecule has 3 heteroatoms. The van der Waals surface area contributed by atoms with Crippen LogP contribution in [0.3, 0.4) is 0 Å². The molecule has 2 rings (SSSR count). The standard InChI is InChI=1S/C15H15BrO2/c1-11(17)13-7-3-5-9-15(13)18-10-12-6-2-4-8-14(12)16/h2-9,11,17H,10H2,1H3/t11-/m0/s1. The van der Waals surface area contributed by atoms with Crippen molar-refractivity contribution in [1.29, 1.82) is 0 Å². The van der Waals surface area contributed by atoms with E-state index in [0.717, 1.165) is 21.3 Å². The summed E-state index contributed by atoms with van der Waals surface area (Å²) in [4.78, 5) is 0. The van der Waals surface area contributed by atoms with E-state index in [1.165, 1.54) is 0 Å². The molecule has 2 nitrogen and oxygen atoms in total. The Bertz CT molecular complexity index is 523. The topological polar surface area (TPSA) is 29.5 Å². The SMILES string of the molecule is C[C@H](O)c1ccccc1OCc1ccccc1Br. The van der Waals surface area contributed by atoms with E-state index in [1.807, 2.05) is 48.5 Å². The van der Waals surface area contributed by atoms with Crippen molar-refractivity contribution in [2.75, 3.05) is 0 Å². The second-order valence-corrected chi connectivity index (χ2v) is 4.95. The Balaban J connectivity index is 2.14. The van der Waals surface area contributed by atoms with Gasteiger partial charge < -0.3 is 9.84 Å². The van der Waals surface area contributed by atoms with Crippen molar-refractivity contribution in [1.82, 2.24) is 0 Å².